The van der Waals surface area contributed by atoms with Crippen LogP contribution in [0.5, 0.6) is 5.75 Å². The second-order valence-corrected chi connectivity index (χ2v) is 3.28. The predicted molar refractivity (Wildman–Crippen MR) is 55.8 cm³/mol. The molecule has 0 spiro atoms. The first kappa shape index (κ1) is 16.1. The summed E-state index contributed by atoms with van der Waals surface area (Å²) in [6, 6.07) is 4.52. The molecule has 0 bridgehead atoms. The van der Waals surface area contributed by atoms with E-state index in [1.165, 1.54) is 12.1 Å². The molecule has 0 fully saturated rings. The quantitative estimate of drug-likeness (QED) is 0.803. The summed E-state index contributed by atoms with van der Waals surface area (Å²) in [5, 5.41) is 13.6. The summed E-state index contributed by atoms with van der Waals surface area (Å²) in [6.45, 7) is 0. The molecule has 6 nitrogen and oxygen atoms in total. The van der Waals surface area contributed by atoms with Gasteiger partial charge in [-0.3, -0.25) is 0 Å². The number of benzene rings is 1. The van der Waals surface area contributed by atoms with Crippen molar-refractivity contribution in [1.82, 2.24) is 15.4 Å². The molecule has 0 saturated carbocycles. The summed E-state index contributed by atoms with van der Waals surface area (Å²) < 4.78 is 39.4. The Bertz CT molecular complexity index is 557. The van der Waals surface area contributed by atoms with Gasteiger partial charge in [-0.05, 0) is 12.1 Å². The van der Waals surface area contributed by atoms with Gasteiger partial charge in [-0.2, -0.15) is 0 Å². The molecule has 1 amide bonds. The molecule has 20 heavy (non-hydrogen) atoms. The number of alkyl halides is 3. The van der Waals surface area contributed by atoms with Gasteiger partial charge in [0.05, 0.1) is 5.69 Å². The Kier molecular flexibility index (Phi) is 5.21. The third kappa shape index (κ3) is 4.62. The zero-order valence-electron chi connectivity index (χ0n) is 9.83. The van der Waals surface area contributed by atoms with Gasteiger partial charge in [0, 0.05) is 6.20 Å². The Balaban J connectivity index is 0.00000200. The summed E-state index contributed by atoms with van der Waals surface area (Å²) in [4.78, 5) is 11.5. The van der Waals surface area contributed by atoms with Crippen LogP contribution in [0, 0.1) is 0 Å². The van der Waals surface area contributed by atoms with Gasteiger partial charge in [0.2, 0.25) is 0 Å². The zero-order chi connectivity index (χ0) is 13.9. The van der Waals surface area contributed by atoms with E-state index in [1.54, 1.807) is 0 Å². The molecule has 0 N–H and O–H groups in total. The molecule has 0 aliphatic rings. The maximum absolute atomic E-state index is 11.9. The van der Waals surface area contributed by atoms with Crippen LogP contribution in [0.3, 0.4) is 0 Å². The van der Waals surface area contributed by atoms with E-state index in [0.29, 0.717) is 0 Å². The molecule has 2 aromatic rings. The number of halogens is 3. The van der Waals surface area contributed by atoms with E-state index in [1.807, 2.05) is 0 Å². The summed E-state index contributed by atoms with van der Waals surface area (Å²) in [5.41, 5.74) is 0.123. The Labute approximate surface area is 123 Å². The summed E-state index contributed by atoms with van der Waals surface area (Å²) in [7, 11) is 0. The fourth-order valence-corrected chi connectivity index (χ4v) is 1.18. The van der Waals surface area contributed by atoms with Crippen molar-refractivity contribution in [1.29, 1.82) is 0 Å². The normalized spacial score (nSPS) is 10.6. The molecule has 0 atom stereocenters. The first-order valence-corrected chi connectivity index (χ1v) is 4.87. The number of carbonyl (C=O) groups excluding carboxylic acids is 1. The average molecular weight is 336 g/mol. The monoisotopic (exact) mass is 334 g/mol. The molecular formula is C10H5F3N4O2Zn. The van der Waals surface area contributed by atoms with E-state index in [9.17, 15) is 18.0 Å². The van der Waals surface area contributed by atoms with Crippen LogP contribution in [0.25, 0.3) is 5.32 Å². The van der Waals surface area contributed by atoms with Crippen molar-refractivity contribution in [2.75, 3.05) is 0 Å². The standard InChI is InChI=1S/C10H6F3N4O2.Zn/c11-10(12,13)19-7-3-1-6(2-4-7)15-9(18)8-5-14-17-16-8;/h1-5H,(H-,14,15,16,17,18);/q-1;+2/p-1. The largest absolute Gasteiger partial charge is 2.00 e. The fraction of sp³-hybridized carbons (Fsp3) is 0.100. The molecule has 100 valence electrons. The number of nitrogens with zero attached hydrogens (tertiary/aromatic N) is 4. The summed E-state index contributed by atoms with van der Waals surface area (Å²) >= 11 is 0. The maximum atomic E-state index is 11.9. The minimum absolute atomic E-state index is 0. The predicted octanol–water partition coefficient (Wildman–Crippen LogP) is 2.18. The number of rotatable bonds is 3. The molecule has 0 aliphatic heterocycles. The third-order valence-electron chi connectivity index (χ3n) is 1.90. The third-order valence-corrected chi connectivity index (χ3v) is 1.90. The molecule has 1 heterocycles. The summed E-state index contributed by atoms with van der Waals surface area (Å²) in [5.74, 6) is -1.08. The van der Waals surface area contributed by atoms with Crippen molar-refractivity contribution in [3.05, 3.63) is 41.5 Å². The second kappa shape index (κ2) is 6.47. The number of aromatic nitrogens is 3. The van der Waals surface area contributed by atoms with Crippen LogP contribution < -0.4 is 9.95 Å². The van der Waals surface area contributed by atoms with Crippen LogP contribution in [0.1, 0.15) is 10.5 Å². The Morgan fingerprint density at radius 2 is 1.90 bits per heavy atom. The van der Waals surface area contributed by atoms with E-state index < -0.39 is 18.0 Å². The SMILES string of the molecule is O=C([N-]c1ccc(OC(F)(F)F)cc1)c1cn[n-]n1.[Zn+2]. The first-order valence-electron chi connectivity index (χ1n) is 4.87. The minimum atomic E-state index is -4.76. The number of carbonyl (C=O) groups is 1. The Morgan fingerprint density at radius 1 is 1.25 bits per heavy atom. The van der Waals surface area contributed by atoms with Gasteiger partial charge in [0.1, 0.15) is 11.7 Å². The van der Waals surface area contributed by atoms with Crippen LogP contribution in [-0.4, -0.2) is 22.5 Å². The van der Waals surface area contributed by atoms with E-state index in [0.717, 1.165) is 18.3 Å². The molecule has 0 saturated heterocycles. The van der Waals surface area contributed by atoms with E-state index in [4.69, 9.17) is 0 Å². The van der Waals surface area contributed by atoms with E-state index in [-0.39, 0.29) is 30.9 Å². The van der Waals surface area contributed by atoms with Gasteiger partial charge in [-0.1, -0.05) is 12.1 Å². The molecule has 0 unspecified atom stereocenters. The Hall–Kier alpha value is -1.96. The molecular weight excluding hydrogens is 331 g/mol. The minimum Gasteiger partial charge on any atom is -0.621 e. The molecule has 2 rings (SSSR count). The number of hydrogen-bond donors (Lipinski definition) is 0. The smallest absolute Gasteiger partial charge is 0.621 e. The molecule has 0 radical (unpaired) electrons. The van der Waals surface area contributed by atoms with Gasteiger partial charge in [0.25, 0.3) is 0 Å². The Morgan fingerprint density at radius 3 is 2.40 bits per heavy atom. The number of ether oxygens (including phenoxy) is 1. The first-order chi connectivity index (χ1) is 8.94. The zero-order valence-corrected chi connectivity index (χ0v) is 12.8. The van der Waals surface area contributed by atoms with Crippen molar-refractivity contribution >= 4 is 11.6 Å². The van der Waals surface area contributed by atoms with Crippen LogP contribution >= 0.6 is 0 Å². The van der Waals surface area contributed by atoms with Crippen LogP contribution in [0.4, 0.5) is 18.9 Å². The van der Waals surface area contributed by atoms with Gasteiger partial charge in [-0.25, -0.2) is 0 Å². The van der Waals surface area contributed by atoms with E-state index >= 15 is 0 Å². The van der Waals surface area contributed by atoms with Crippen molar-refractivity contribution in [3.8, 4) is 5.75 Å². The van der Waals surface area contributed by atoms with Crippen LogP contribution in [0.15, 0.2) is 30.5 Å². The van der Waals surface area contributed by atoms with E-state index in [2.05, 4.69) is 25.5 Å². The van der Waals surface area contributed by atoms with Crippen molar-refractivity contribution < 1.29 is 42.2 Å². The molecule has 1 aromatic heterocycles. The van der Waals surface area contributed by atoms with Crippen molar-refractivity contribution in [2.24, 2.45) is 0 Å². The fourth-order valence-electron chi connectivity index (χ4n) is 1.18. The van der Waals surface area contributed by atoms with Crippen LogP contribution in [-0.2, 0) is 19.5 Å². The maximum Gasteiger partial charge on any atom is 2.00 e. The number of hydrogen-bond acceptors (Lipinski definition) is 4. The molecule has 10 heteroatoms. The van der Waals surface area contributed by atoms with Gasteiger partial charge in [0.15, 0.2) is 0 Å². The topological polar surface area (TPSA) is 80.3 Å². The van der Waals surface area contributed by atoms with Gasteiger partial charge >= 0.3 is 25.8 Å². The second-order valence-electron chi connectivity index (χ2n) is 3.28. The van der Waals surface area contributed by atoms with Crippen molar-refractivity contribution in [2.45, 2.75) is 6.36 Å². The van der Waals surface area contributed by atoms with Gasteiger partial charge < -0.3 is 30.3 Å². The van der Waals surface area contributed by atoms with Crippen molar-refractivity contribution in [3.63, 3.8) is 0 Å². The summed E-state index contributed by atoms with van der Waals surface area (Å²) in [6.07, 6.45) is -3.63. The molecule has 0 aliphatic carbocycles. The van der Waals surface area contributed by atoms with Crippen LogP contribution in [0.2, 0.25) is 0 Å². The molecule has 1 aromatic carbocycles. The van der Waals surface area contributed by atoms with Gasteiger partial charge in [-0.15, -0.1) is 18.9 Å². The average Bonchev–Trinajstić information content (AvgIpc) is 2.83. The number of amides is 1.